The molecular weight excluding hydrogens is 248 g/mol. The average Bonchev–Trinajstić information content (AvgIpc) is 2.98. The van der Waals surface area contributed by atoms with Gasteiger partial charge in [0, 0.05) is 37.4 Å². The molecule has 104 valence electrons. The summed E-state index contributed by atoms with van der Waals surface area (Å²) in [7, 11) is 0. The molecule has 18 heavy (non-hydrogen) atoms. The second-order valence-electron chi connectivity index (χ2n) is 5.38. The standard InChI is InChI=1S/C13H24N2O2S/c1-10(14)7-13(16)15(11-4-6-18-9-11)8-12-3-2-5-17-12/h10-12H,2-9,14H2,1H3. The highest BCUT2D eigenvalue weighted by Crippen LogP contribution is 2.25. The molecule has 2 rings (SSSR count). The third-order valence-corrected chi connectivity index (χ3v) is 4.73. The largest absolute Gasteiger partial charge is 0.376 e. The topological polar surface area (TPSA) is 55.6 Å². The number of ether oxygens (including phenoxy) is 1. The van der Waals surface area contributed by atoms with E-state index in [2.05, 4.69) is 0 Å². The lowest BCUT2D eigenvalue weighted by atomic mass is 10.1. The molecule has 0 saturated carbocycles. The van der Waals surface area contributed by atoms with E-state index < -0.39 is 0 Å². The van der Waals surface area contributed by atoms with E-state index in [0.717, 1.165) is 43.9 Å². The molecule has 2 N–H and O–H groups in total. The van der Waals surface area contributed by atoms with Gasteiger partial charge >= 0.3 is 0 Å². The SMILES string of the molecule is CC(N)CC(=O)N(CC1CCCO1)C1CCSC1. The lowest BCUT2D eigenvalue weighted by molar-refractivity contribution is -0.135. The highest BCUT2D eigenvalue weighted by Gasteiger charge is 2.30. The van der Waals surface area contributed by atoms with Crippen LogP contribution in [0.25, 0.3) is 0 Å². The van der Waals surface area contributed by atoms with Gasteiger partial charge in [0.25, 0.3) is 0 Å². The number of hydrogen-bond donors (Lipinski definition) is 1. The molecule has 0 aliphatic carbocycles. The second-order valence-corrected chi connectivity index (χ2v) is 6.53. The lowest BCUT2D eigenvalue weighted by Crippen LogP contribution is -2.46. The number of thioether (sulfide) groups is 1. The average molecular weight is 272 g/mol. The van der Waals surface area contributed by atoms with Crippen molar-refractivity contribution in [1.82, 2.24) is 4.90 Å². The highest BCUT2D eigenvalue weighted by atomic mass is 32.2. The molecule has 0 aromatic carbocycles. The van der Waals surface area contributed by atoms with Gasteiger partial charge in [0.05, 0.1) is 6.10 Å². The number of carbonyl (C=O) groups is 1. The van der Waals surface area contributed by atoms with Crippen LogP contribution in [0.3, 0.4) is 0 Å². The van der Waals surface area contributed by atoms with Gasteiger partial charge in [0.15, 0.2) is 0 Å². The van der Waals surface area contributed by atoms with Gasteiger partial charge in [-0.25, -0.2) is 0 Å². The molecule has 1 amide bonds. The molecule has 2 aliphatic heterocycles. The van der Waals surface area contributed by atoms with Gasteiger partial charge in [0.1, 0.15) is 0 Å². The minimum atomic E-state index is -0.0569. The fourth-order valence-corrected chi connectivity index (χ4v) is 3.85. The van der Waals surface area contributed by atoms with Gasteiger partial charge in [-0.05, 0) is 31.9 Å². The van der Waals surface area contributed by atoms with Crippen molar-refractivity contribution < 1.29 is 9.53 Å². The summed E-state index contributed by atoms with van der Waals surface area (Å²) in [5.41, 5.74) is 5.75. The summed E-state index contributed by atoms with van der Waals surface area (Å²) in [4.78, 5) is 14.4. The number of amides is 1. The molecule has 3 unspecified atom stereocenters. The summed E-state index contributed by atoms with van der Waals surface area (Å²) in [5.74, 6) is 2.43. The fourth-order valence-electron chi connectivity index (χ4n) is 2.62. The summed E-state index contributed by atoms with van der Waals surface area (Å²) in [6.07, 6.45) is 4.02. The van der Waals surface area contributed by atoms with Crippen molar-refractivity contribution in [2.75, 3.05) is 24.7 Å². The van der Waals surface area contributed by atoms with E-state index in [-0.39, 0.29) is 18.1 Å². The van der Waals surface area contributed by atoms with E-state index in [1.165, 1.54) is 0 Å². The molecule has 0 radical (unpaired) electrons. The molecule has 5 heteroatoms. The zero-order chi connectivity index (χ0) is 13.0. The van der Waals surface area contributed by atoms with Crippen molar-refractivity contribution in [2.24, 2.45) is 5.73 Å². The van der Waals surface area contributed by atoms with Crippen LogP contribution in [0, 0.1) is 0 Å². The molecule has 2 aliphatic rings. The summed E-state index contributed by atoms with van der Waals surface area (Å²) in [5, 5.41) is 0. The lowest BCUT2D eigenvalue weighted by Gasteiger charge is -2.31. The van der Waals surface area contributed by atoms with Crippen molar-refractivity contribution in [3.05, 3.63) is 0 Å². The minimum absolute atomic E-state index is 0.0569. The predicted octanol–water partition coefficient (Wildman–Crippen LogP) is 1.24. The molecule has 2 heterocycles. The first-order chi connectivity index (χ1) is 8.66. The van der Waals surface area contributed by atoms with Crippen LogP contribution in [-0.2, 0) is 9.53 Å². The van der Waals surface area contributed by atoms with Crippen LogP contribution in [0.15, 0.2) is 0 Å². The second kappa shape index (κ2) is 6.78. The maximum absolute atomic E-state index is 12.3. The van der Waals surface area contributed by atoms with Crippen molar-refractivity contribution >= 4 is 17.7 Å². The number of nitrogens with zero attached hydrogens (tertiary/aromatic N) is 1. The normalized spacial score (nSPS) is 29.4. The van der Waals surface area contributed by atoms with Crippen molar-refractivity contribution in [2.45, 2.75) is 50.8 Å². The number of carbonyl (C=O) groups excluding carboxylic acids is 1. The fraction of sp³-hybridized carbons (Fsp3) is 0.923. The van der Waals surface area contributed by atoms with Crippen molar-refractivity contribution in [3.8, 4) is 0 Å². The number of hydrogen-bond acceptors (Lipinski definition) is 4. The van der Waals surface area contributed by atoms with Gasteiger partial charge in [0.2, 0.25) is 5.91 Å². The van der Waals surface area contributed by atoms with Gasteiger partial charge in [-0.3, -0.25) is 4.79 Å². The van der Waals surface area contributed by atoms with Crippen molar-refractivity contribution in [1.29, 1.82) is 0 Å². The van der Waals surface area contributed by atoms with Crippen LogP contribution >= 0.6 is 11.8 Å². The Kier molecular flexibility index (Phi) is 5.33. The maximum atomic E-state index is 12.3. The Balaban J connectivity index is 1.94. The third-order valence-electron chi connectivity index (χ3n) is 3.59. The Morgan fingerprint density at radius 3 is 2.94 bits per heavy atom. The van der Waals surface area contributed by atoms with E-state index >= 15 is 0 Å². The van der Waals surface area contributed by atoms with E-state index in [4.69, 9.17) is 10.5 Å². The minimum Gasteiger partial charge on any atom is -0.376 e. The van der Waals surface area contributed by atoms with Gasteiger partial charge in [-0.15, -0.1) is 0 Å². The van der Waals surface area contributed by atoms with Crippen molar-refractivity contribution in [3.63, 3.8) is 0 Å². The maximum Gasteiger partial charge on any atom is 0.224 e. The summed E-state index contributed by atoms with van der Waals surface area (Å²) >= 11 is 1.94. The first-order valence-electron chi connectivity index (χ1n) is 6.91. The van der Waals surface area contributed by atoms with Crippen LogP contribution in [0.1, 0.15) is 32.6 Å². The molecule has 0 aromatic rings. The van der Waals surface area contributed by atoms with Crippen LogP contribution in [0.4, 0.5) is 0 Å². The van der Waals surface area contributed by atoms with Crippen LogP contribution in [-0.4, -0.2) is 53.7 Å². The Morgan fingerprint density at radius 1 is 1.56 bits per heavy atom. The molecule has 2 fully saturated rings. The number of rotatable bonds is 5. The highest BCUT2D eigenvalue weighted by molar-refractivity contribution is 7.99. The Bertz CT molecular complexity index is 274. The first-order valence-corrected chi connectivity index (χ1v) is 8.06. The Hall–Kier alpha value is -0.260. The molecule has 0 spiro atoms. The quantitative estimate of drug-likeness (QED) is 0.818. The first kappa shape index (κ1) is 14.2. The number of nitrogens with two attached hydrogens (primary N) is 1. The van der Waals surface area contributed by atoms with Gasteiger partial charge in [-0.1, -0.05) is 0 Å². The zero-order valence-corrected chi connectivity index (χ0v) is 12.0. The van der Waals surface area contributed by atoms with Gasteiger partial charge < -0.3 is 15.4 Å². The van der Waals surface area contributed by atoms with E-state index in [1.54, 1.807) is 0 Å². The monoisotopic (exact) mass is 272 g/mol. The summed E-state index contributed by atoms with van der Waals surface area (Å²) in [6, 6.07) is 0.337. The predicted molar refractivity (Wildman–Crippen MR) is 74.7 cm³/mol. The smallest absolute Gasteiger partial charge is 0.224 e. The molecule has 3 atom stereocenters. The van der Waals surface area contributed by atoms with E-state index in [0.29, 0.717) is 12.5 Å². The van der Waals surface area contributed by atoms with Crippen LogP contribution in [0.2, 0.25) is 0 Å². The Morgan fingerprint density at radius 2 is 2.39 bits per heavy atom. The van der Waals surface area contributed by atoms with Gasteiger partial charge in [-0.2, -0.15) is 11.8 Å². The summed E-state index contributed by atoms with van der Waals surface area (Å²) < 4.78 is 5.67. The third kappa shape index (κ3) is 3.87. The summed E-state index contributed by atoms with van der Waals surface area (Å²) in [6.45, 7) is 3.50. The molecule has 0 bridgehead atoms. The van der Waals surface area contributed by atoms with Crippen LogP contribution in [0.5, 0.6) is 0 Å². The molecule has 2 saturated heterocycles. The molecule has 0 aromatic heterocycles. The zero-order valence-electron chi connectivity index (χ0n) is 11.1. The van der Waals surface area contributed by atoms with E-state index in [1.807, 2.05) is 23.6 Å². The Labute approximate surface area is 114 Å². The van der Waals surface area contributed by atoms with Crippen LogP contribution < -0.4 is 5.73 Å². The van der Waals surface area contributed by atoms with E-state index in [9.17, 15) is 4.79 Å². The molecule has 4 nitrogen and oxygen atoms in total. The molecular formula is C13H24N2O2S.